The lowest BCUT2D eigenvalue weighted by Crippen LogP contribution is -2.69. The van der Waals surface area contributed by atoms with Crippen LogP contribution < -0.4 is 5.32 Å². The molecule has 1 aliphatic carbocycles. The highest BCUT2D eigenvalue weighted by Crippen LogP contribution is 2.51. The fraction of sp³-hybridized carbons (Fsp3) is 0.733. The summed E-state index contributed by atoms with van der Waals surface area (Å²) >= 11 is 0. The minimum atomic E-state index is 0.228. The van der Waals surface area contributed by atoms with Crippen LogP contribution in [0.15, 0.2) is 22.8 Å². The normalized spacial score (nSPS) is 35.6. The third-order valence-electron chi connectivity index (χ3n) is 4.73. The van der Waals surface area contributed by atoms with E-state index in [1.54, 1.807) is 6.26 Å². The maximum atomic E-state index is 5.93. The molecule has 3 nitrogen and oxygen atoms in total. The highest BCUT2D eigenvalue weighted by atomic mass is 16.5. The molecule has 4 atom stereocenters. The lowest BCUT2D eigenvalue weighted by Gasteiger charge is -2.60. The van der Waals surface area contributed by atoms with Gasteiger partial charge in [-0.25, -0.2) is 0 Å². The van der Waals surface area contributed by atoms with Gasteiger partial charge in [0.05, 0.1) is 18.4 Å². The molecule has 1 aromatic heterocycles. The third-order valence-corrected chi connectivity index (χ3v) is 4.73. The molecule has 18 heavy (non-hydrogen) atoms. The van der Waals surface area contributed by atoms with Crippen molar-refractivity contribution in [2.75, 3.05) is 6.61 Å². The fourth-order valence-electron chi connectivity index (χ4n) is 3.75. The van der Waals surface area contributed by atoms with Crippen molar-refractivity contribution < 1.29 is 9.15 Å². The van der Waals surface area contributed by atoms with E-state index < -0.39 is 0 Å². The molecule has 1 saturated carbocycles. The van der Waals surface area contributed by atoms with Crippen LogP contribution in [-0.2, 0) is 4.74 Å². The first-order chi connectivity index (χ1) is 8.60. The number of furan rings is 1. The molecule has 0 bridgehead atoms. The van der Waals surface area contributed by atoms with E-state index in [4.69, 9.17) is 9.15 Å². The molecule has 1 N–H and O–H groups in total. The summed E-state index contributed by atoms with van der Waals surface area (Å²) in [4.78, 5) is 0. The second kappa shape index (κ2) is 4.39. The van der Waals surface area contributed by atoms with Crippen LogP contribution >= 0.6 is 0 Å². The first kappa shape index (κ1) is 12.2. The molecule has 0 amide bonds. The zero-order valence-corrected chi connectivity index (χ0v) is 11.5. The predicted octanol–water partition coefficient (Wildman–Crippen LogP) is 3.13. The molecule has 2 aliphatic rings. The molecule has 0 radical (unpaired) electrons. The van der Waals surface area contributed by atoms with E-state index in [1.807, 2.05) is 12.1 Å². The average Bonchev–Trinajstić information content (AvgIpc) is 2.89. The zero-order valence-electron chi connectivity index (χ0n) is 11.5. The third kappa shape index (κ3) is 1.81. The number of ether oxygens (including phenoxy) is 1. The molecule has 3 heteroatoms. The molecule has 2 heterocycles. The topological polar surface area (TPSA) is 34.4 Å². The van der Waals surface area contributed by atoms with E-state index in [0.29, 0.717) is 18.1 Å². The van der Waals surface area contributed by atoms with Gasteiger partial charge in [-0.1, -0.05) is 13.8 Å². The van der Waals surface area contributed by atoms with Crippen LogP contribution in [-0.4, -0.2) is 18.8 Å². The Kier molecular flexibility index (Phi) is 2.99. The van der Waals surface area contributed by atoms with Crippen molar-refractivity contribution in [3.63, 3.8) is 0 Å². The first-order valence-electron chi connectivity index (χ1n) is 7.02. The minimum absolute atomic E-state index is 0.228. The number of nitrogens with one attached hydrogen (secondary N) is 1. The standard InChI is InChI=1S/C15H23NO2/c1-10(12-7-5-8-17-12)16-13-11-6-4-9-18-14(11)15(13,2)3/h5,7-8,10-11,13-14,16H,4,6,9H2,1-3H3/t10-,11?,13?,14?/m1/s1. The summed E-state index contributed by atoms with van der Waals surface area (Å²) in [7, 11) is 0. The highest BCUT2D eigenvalue weighted by molar-refractivity contribution is 5.13. The van der Waals surface area contributed by atoms with Crippen molar-refractivity contribution in [1.29, 1.82) is 0 Å². The van der Waals surface area contributed by atoms with Gasteiger partial charge in [0, 0.05) is 24.0 Å². The maximum Gasteiger partial charge on any atom is 0.120 e. The Hall–Kier alpha value is -0.800. The van der Waals surface area contributed by atoms with Crippen LogP contribution in [0.25, 0.3) is 0 Å². The molecule has 1 aromatic rings. The quantitative estimate of drug-likeness (QED) is 0.893. The molecule has 3 unspecified atom stereocenters. The molecule has 0 spiro atoms. The van der Waals surface area contributed by atoms with E-state index in [1.165, 1.54) is 12.8 Å². The van der Waals surface area contributed by atoms with Gasteiger partial charge in [-0.15, -0.1) is 0 Å². The molecule has 3 rings (SSSR count). The summed E-state index contributed by atoms with van der Waals surface area (Å²) in [6, 6.07) is 4.79. The van der Waals surface area contributed by atoms with Gasteiger partial charge in [0.1, 0.15) is 5.76 Å². The first-order valence-corrected chi connectivity index (χ1v) is 7.02. The van der Waals surface area contributed by atoms with E-state index >= 15 is 0 Å². The summed E-state index contributed by atoms with van der Waals surface area (Å²) in [5.41, 5.74) is 0.228. The van der Waals surface area contributed by atoms with Gasteiger partial charge < -0.3 is 14.5 Å². The van der Waals surface area contributed by atoms with Crippen LogP contribution in [0, 0.1) is 11.3 Å². The van der Waals surface area contributed by atoms with Crippen molar-refractivity contribution in [3.8, 4) is 0 Å². The van der Waals surface area contributed by atoms with Gasteiger partial charge in [-0.05, 0) is 31.9 Å². The van der Waals surface area contributed by atoms with Gasteiger partial charge >= 0.3 is 0 Å². The zero-order chi connectivity index (χ0) is 12.8. The smallest absolute Gasteiger partial charge is 0.120 e. The summed E-state index contributed by atoms with van der Waals surface area (Å²) in [5, 5.41) is 3.73. The monoisotopic (exact) mass is 249 g/mol. The summed E-state index contributed by atoms with van der Waals surface area (Å²) in [6.45, 7) is 7.73. The summed E-state index contributed by atoms with van der Waals surface area (Å²) in [5.74, 6) is 1.69. The van der Waals surface area contributed by atoms with Crippen LogP contribution in [0.1, 0.15) is 45.4 Å². The SMILES string of the molecule is C[C@@H](NC1C2CCCOC2C1(C)C)c1ccco1. The van der Waals surface area contributed by atoms with Crippen molar-refractivity contribution in [3.05, 3.63) is 24.2 Å². The molecule has 2 fully saturated rings. The Morgan fingerprint density at radius 3 is 3.00 bits per heavy atom. The van der Waals surface area contributed by atoms with Crippen molar-refractivity contribution >= 4 is 0 Å². The molecule has 1 aliphatic heterocycles. The van der Waals surface area contributed by atoms with Crippen molar-refractivity contribution in [2.45, 2.75) is 51.8 Å². The van der Waals surface area contributed by atoms with Crippen LogP contribution in [0.5, 0.6) is 0 Å². The van der Waals surface area contributed by atoms with Crippen LogP contribution in [0.3, 0.4) is 0 Å². The fourth-order valence-corrected chi connectivity index (χ4v) is 3.75. The number of rotatable bonds is 3. The lowest BCUT2D eigenvalue weighted by atomic mass is 9.55. The summed E-state index contributed by atoms with van der Waals surface area (Å²) < 4.78 is 11.4. The largest absolute Gasteiger partial charge is 0.468 e. The number of hydrogen-bond acceptors (Lipinski definition) is 3. The molecular formula is C15H23NO2. The lowest BCUT2D eigenvalue weighted by molar-refractivity contribution is -0.194. The molecular weight excluding hydrogens is 226 g/mol. The Balaban J connectivity index is 1.69. The van der Waals surface area contributed by atoms with Crippen LogP contribution in [0.2, 0.25) is 0 Å². The van der Waals surface area contributed by atoms with E-state index in [-0.39, 0.29) is 11.5 Å². The van der Waals surface area contributed by atoms with E-state index in [9.17, 15) is 0 Å². The average molecular weight is 249 g/mol. The predicted molar refractivity (Wildman–Crippen MR) is 70.3 cm³/mol. The number of hydrogen-bond donors (Lipinski definition) is 1. The van der Waals surface area contributed by atoms with Crippen LogP contribution in [0.4, 0.5) is 0 Å². The number of fused-ring (bicyclic) bond motifs is 1. The Morgan fingerprint density at radius 1 is 1.44 bits per heavy atom. The Morgan fingerprint density at radius 2 is 2.28 bits per heavy atom. The summed E-state index contributed by atoms with van der Waals surface area (Å²) in [6.07, 6.45) is 4.67. The van der Waals surface area contributed by atoms with Crippen molar-refractivity contribution in [2.24, 2.45) is 11.3 Å². The van der Waals surface area contributed by atoms with Gasteiger partial charge in [-0.3, -0.25) is 0 Å². The second-order valence-electron chi connectivity index (χ2n) is 6.30. The van der Waals surface area contributed by atoms with E-state index in [0.717, 1.165) is 12.4 Å². The molecule has 100 valence electrons. The minimum Gasteiger partial charge on any atom is -0.468 e. The molecule has 0 aromatic carbocycles. The van der Waals surface area contributed by atoms with Gasteiger partial charge in [-0.2, -0.15) is 0 Å². The Labute approximate surface area is 109 Å². The molecule has 1 saturated heterocycles. The second-order valence-corrected chi connectivity index (χ2v) is 6.30. The van der Waals surface area contributed by atoms with Gasteiger partial charge in [0.2, 0.25) is 0 Å². The maximum absolute atomic E-state index is 5.93. The van der Waals surface area contributed by atoms with Gasteiger partial charge in [0.25, 0.3) is 0 Å². The van der Waals surface area contributed by atoms with Crippen molar-refractivity contribution in [1.82, 2.24) is 5.32 Å². The Bertz CT molecular complexity index is 399. The highest BCUT2D eigenvalue weighted by Gasteiger charge is 2.57. The van der Waals surface area contributed by atoms with E-state index in [2.05, 4.69) is 26.1 Å². The van der Waals surface area contributed by atoms with Gasteiger partial charge in [0.15, 0.2) is 0 Å².